The van der Waals surface area contributed by atoms with Gasteiger partial charge in [0.2, 0.25) is 0 Å². The highest BCUT2D eigenvalue weighted by Gasteiger charge is 2.32. The van der Waals surface area contributed by atoms with Gasteiger partial charge in [-0.1, -0.05) is 17.3 Å². The highest BCUT2D eigenvalue weighted by Crippen LogP contribution is 2.33. The van der Waals surface area contributed by atoms with Gasteiger partial charge in [0.25, 0.3) is 5.91 Å². The molecule has 0 spiro atoms. The first-order valence-corrected chi connectivity index (χ1v) is 9.43. The summed E-state index contributed by atoms with van der Waals surface area (Å²) >= 11 is 0. The van der Waals surface area contributed by atoms with Crippen LogP contribution in [0.15, 0.2) is 59.1 Å². The smallest absolute Gasteiger partial charge is 0.276 e. The Balaban J connectivity index is 1.42. The number of carbonyl (C=O) groups is 1. The van der Waals surface area contributed by atoms with Gasteiger partial charge in [-0.2, -0.15) is 0 Å². The maximum absolute atomic E-state index is 13.0. The number of halogens is 1. The first-order chi connectivity index (χ1) is 14.1. The molecule has 4 rings (SSSR count). The van der Waals surface area contributed by atoms with Crippen LogP contribution in [0.4, 0.5) is 4.39 Å². The SMILES string of the molecule is COc1ccc([C@H]2CCCN2C(=O)c2cc(COc3ccc(F)cc3)on2)cc1. The lowest BCUT2D eigenvalue weighted by atomic mass is 10.0. The Hall–Kier alpha value is -3.35. The Morgan fingerprint density at radius 2 is 1.90 bits per heavy atom. The molecule has 150 valence electrons. The molecule has 0 saturated carbocycles. The fraction of sp³-hybridized carbons (Fsp3) is 0.273. The van der Waals surface area contributed by atoms with E-state index in [1.165, 1.54) is 24.3 Å². The number of benzene rings is 2. The number of aromatic nitrogens is 1. The normalized spacial score (nSPS) is 16.1. The van der Waals surface area contributed by atoms with Gasteiger partial charge in [0.15, 0.2) is 11.5 Å². The van der Waals surface area contributed by atoms with Crippen molar-refractivity contribution in [2.75, 3.05) is 13.7 Å². The van der Waals surface area contributed by atoms with Crippen LogP contribution in [-0.4, -0.2) is 29.6 Å². The van der Waals surface area contributed by atoms with Crippen LogP contribution in [0.1, 0.15) is 40.7 Å². The minimum atomic E-state index is -0.332. The molecule has 1 fully saturated rings. The molecule has 1 amide bonds. The van der Waals surface area contributed by atoms with Gasteiger partial charge in [0, 0.05) is 12.6 Å². The molecule has 0 radical (unpaired) electrons. The van der Waals surface area contributed by atoms with Crippen LogP contribution in [0, 0.1) is 5.82 Å². The van der Waals surface area contributed by atoms with Gasteiger partial charge in [0.05, 0.1) is 13.2 Å². The van der Waals surface area contributed by atoms with Crippen molar-refractivity contribution in [2.45, 2.75) is 25.5 Å². The molecule has 1 saturated heterocycles. The van der Waals surface area contributed by atoms with E-state index in [4.69, 9.17) is 14.0 Å². The van der Waals surface area contributed by atoms with Crippen LogP contribution in [0.3, 0.4) is 0 Å². The van der Waals surface area contributed by atoms with Crippen molar-refractivity contribution in [3.8, 4) is 11.5 Å². The average molecular weight is 396 g/mol. The molecule has 0 N–H and O–H groups in total. The van der Waals surface area contributed by atoms with Crippen molar-refractivity contribution in [1.29, 1.82) is 0 Å². The maximum Gasteiger partial charge on any atom is 0.276 e. The van der Waals surface area contributed by atoms with Gasteiger partial charge < -0.3 is 18.9 Å². The Bertz CT molecular complexity index is 969. The van der Waals surface area contributed by atoms with Crippen LogP contribution in [0.2, 0.25) is 0 Å². The molecule has 6 nitrogen and oxygen atoms in total. The fourth-order valence-corrected chi connectivity index (χ4v) is 3.50. The van der Waals surface area contributed by atoms with Gasteiger partial charge in [-0.3, -0.25) is 4.79 Å². The lowest BCUT2D eigenvalue weighted by Gasteiger charge is -2.24. The third-order valence-corrected chi connectivity index (χ3v) is 4.99. The van der Waals surface area contributed by atoms with E-state index in [0.29, 0.717) is 18.1 Å². The molecular formula is C22H21FN2O4. The molecule has 2 aromatic carbocycles. The lowest BCUT2D eigenvalue weighted by Crippen LogP contribution is -2.30. The van der Waals surface area contributed by atoms with Crippen LogP contribution in [0.5, 0.6) is 11.5 Å². The van der Waals surface area contributed by atoms with E-state index in [1.54, 1.807) is 13.2 Å². The fourth-order valence-electron chi connectivity index (χ4n) is 3.50. The topological polar surface area (TPSA) is 64.8 Å². The third kappa shape index (κ3) is 4.23. The lowest BCUT2D eigenvalue weighted by molar-refractivity contribution is 0.0725. The van der Waals surface area contributed by atoms with Crippen molar-refractivity contribution < 1.29 is 23.2 Å². The quantitative estimate of drug-likeness (QED) is 0.619. The number of amides is 1. The monoisotopic (exact) mass is 396 g/mol. The Morgan fingerprint density at radius 3 is 2.62 bits per heavy atom. The van der Waals surface area contributed by atoms with Crippen molar-refractivity contribution in [2.24, 2.45) is 0 Å². The largest absolute Gasteiger partial charge is 0.497 e. The first kappa shape index (κ1) is 19.0. The van der Waals surface area contributed by atoms with E-state index in [2.05, 4.69) is 5.16 Å². The number of likely N-dealkylation sites (tertiary alicyclic amines) is 1. The molecule has 0 unspecified atom stereocenters. The zero-order valence-electron chi connectivity index (χ0n) is 16.0. The zero-order chi connectivity index (χ0) is 20.2. The third-order valence-electron chi connectivity index (χ3n) is 4.99. The second-order valence-electron chi connectivity index (χ2n) is 6.85. The number of nitrogens with zero attached hydrogens (tertiary/aromatic N) is 2. The molecule has 1 aliphatic rings. The summed E-state index contributed by atoms with van der Waals surface area (Å²) in [4.78, 5) is 14.8. The van der Waals surface area contributed by atoms with E-state index in [-0.39, 0.29) is 30.1 Å². The molecule has 1 aliphatic heterocycles. The molecule has 1 aromatic heterocycles. The average Bonchev–Trinajstić information content (AvgIpc) is 3.43. The Labute approximate surface area is 167 Å². The summed E-state index contributed by atoms with van der Waals surface area (Å²) in [6.07, 6.45) is 1.83. The molecule has 3 aromatic rings. The molecule has 0 aliphatic carbocycles. The first-order valence-electron chi connectivity index (χ1n) is 9.43. The highest BCUT2D eigenvalue weighted by molar-refractivity contribution is 5.92. The number of methoxy groups -OCH3 is 1. The second kappa shape index (κ2) is 8.34. The van der Waals surface area contributed by atoms with Crippen LogP contribution in [-0.2, 0) is 6.61 Å². The van der Waals surface area contributed by atoms with Gasteiger partial charge in [0.1, 0.15) is 23.9 Å². The van der Waals surface area contributed by atoms with E-state index in [1.807, 2.05) is 29.2 Å². The predicted molar refractivity (Wildman–Crippen MR) is 103 cm³/mol. The van der Waals surface area contributed by atoms with Gasteiger partial charge in [-0.15, -0.1) is 0 Å². The Kier molecular flexibility index (Phi) is 5.46. The number of carbonyl (C=O) groups excluding carboxylic acids is 1. The molecular weight excluding hydrogens is 375 g/mol. The van der Waals surface area contributed by atoms with Crippen molar-refractivity contribution in [3.63, 3.8) is 0 Å². The number of hydrogen-bond donors (Lipinski definition) is 0. The summed E-state index contributed by atoms with van der Waals surface area (Å²) in [5.41, 5.74) is 1.32. The minimum Gasteiger partial charge on any atom is -0.497 e. The second-order valence-corrected chi connectivity index (χ2v) is 6.85. The standard InChI is InChI=1S/C22H21FN2O4/c1-27-17-8-4-15(5-9-17)21-3-2-12-25(21)22(26)20-13-19(29-24-20)14-28-18-10-6-16(23)7-11-18/h4-11,13,21H,2-3,12,14H2,1H3/t21-/m1/s1. The molecule has 7 heteroatoms. The van der Waals surface area contributed by atoms with Gasteiger partial charge in [-0.25, -0.2) is 4.39 Å². The predicted octanol–water partition coefficient (Wildman–Crippen LogP) is 4.38. The van der Waals surface area contributed by atoms with Crippen LogP contribution < -0.4 is 9.47 Å². The zero-order valence-corrected chi connectivity index (χ0v) is 16.0. The van der Waals surface area contributed by atoms with Crippen LogP contribution in [0.25, 0.3) is 0 Å². The highest BCUT2D eigenvalue weighted by atomic mass is 19.1. The molecule has 0 bridgehead atoms. The summed E-state index contributed by atoms with van der Waals surface area (Å²) in [7, 11) is 1.63. The molecule has 1 atom stereocenters. The maximum atomic E-state index is 13.0. The van der Waals surface area contributed by atoms with E-state index >= 15 is 0 Å². The molecule has 2 heterocycles. The summed E-state index contributed by atoms with van der Waals surface area (Å²) < 4.78 is 28.9. The summed E-state index contributed by atoms with van der Waals surface area (Å²) in [6.45, 7) is 0.775. The molecule has 29 heavy (non-hydrogen) atoms. The number of hydrogen-bond acceptors (Lipinski definition) is 5. The minimum absolute atomic E-state index is 0.00372. The van der Waals surface area contributed by atoms with E-state index in [9.17, 15) is 9.18 Å². The van der Waals surface area contributed by atoms with Gasteiger partial charge in [-0.05, 0) is 54.8 Å². The van der Waals surface area contributed by atoms with Crippen LogP contribution >= 0.6 is 0 Å². The van der Waals surface area contributed by atoms with E-state index < -0.39 is 0 Å². The van der Waals surface area contributed by atoms with Crippen molar-refractivity contribution in [1.82, 2.24) is 10.1 Å². The summed E-state index contributed by atoms with van der Waals surface area (Å²) in [6, 6.07) is 15.1. The summed E-state index contributed by atoms with van der Waals surface area (Å²) in [5.74, 6) is 1.22. The van der Waals surface area contributed by atoms with E-state index in [0.717, 1.165) is 24.2 Å². The Morgan fingerprint density at radius 1 is 1.17 bits per heavy atom. The van der Waals surface area contributed by atoms with Crippen molar-refractivity contribution >= 4 is 5.91 Å². The van der Waals surface area contributed by atoms with Crippen molar-refractivity contribution in [3.05, 3.63) is 77.4 Å². The number of ether oxygens (including phenoxy) is 2. The van der Waals surface area contributed by atoms with Gasteiger partial charge >= 0.3 is 0 Å². The number of rotatable bonds is 6. The summed E-state index contributed by atoms with van der Waals surface area (Å²) in [5, 5.41) is 3.92.